The van der Waals surface area contributed by atoms with Gasteiger partial charge >= 0.3 is 0 Å². The first-order valence-electron chi connectivity index (χ1n) is 8.33. The summed E-state index contributed by atoms with van der Waals surface area (Å²) in [5.74, 6) is 1.02. The molecule has 2 fully saturated rings. The first-order valence-corrected chi connectivity index (χ1v) is 8.33. The van der Waals surface area contributed by atoms with E-state index in [-0.39, 0.29) is 17.8 Å². The molecule has 0 bridgehead atoms. The molecule has 0 spiro atoms. The van der Waals surface area contributed by atoms with Crippen LogP contribution in [0, 0.1) is 17.7 Å². The lowest BCUT2D eigenvalue weighted by Gasteiger charge is -2.22. The Hall–Kier alpha value is -2.43. The zero-order valence-electron chi connectivity index (χ0n) is 13.3. The van der Waals surface area contributed by atoms with Gasteiger partial charge in [-0.25, -0.2) is 4.39 Å². The van der Waals surface area contributed by atoms with Crippen molar-refractivity contribution in [3.8, 4) is 5.75 Å². The van der Waals surface area contributed by atoms with E-state index in [1.165, 1.54) is 12.1 Å². The third kappa shape index (κ3) is 2.86. The fourth-order valence-corrected chi connectivity index (χ4v) is 3.89. The van der Waals surface area contributed by atoms with Crippen molar-refractivity contribution in [2.75, 3.05) is 13.1 Å². The lowest BCUT2D eigenvalue weighted by Crippen LogP contribution is -2.32. The number of halogens is 1. The number of aromatic nitrogens is 1. The van der Waals surface area contributed by atoms with E-state index < -0.39 is 0 Å². The fourth-order valence-electron chi connectivity index (χ4n) is 3.89. The molecule has 2 heterocycles. The Morgan fingerprint density at radius 3 is 2.88 bits per heavy atom. The molecule has 1 aromatic heterocycles. The van der Waals surface area contributed by atoms with Crippen molar-refractivity contribution in [3.63, 3.8) is 0 Å². The summed E-state index contributed by atoms with van der Waals surface area (Å²) in [4.78, 5) is 18.6. The lowest BCUT2D eigenvalue weighted by atomic mass is 9.99. The smallest absolute Gasteiger partial charge is 0.272 e. The maximum Gasteiger partial charge on any atom is 0.272 e. The standard InChI is InChI=1S/C19H19FN2O2/c20-14-4-3-5-15(10-14)24-18-8-7-13-11-22(12-16(13)18)19(23)17-6-1-2-9-21-17/h1-6,9-10,13,16,18H,7-8,11-12H2/t13-,16+,18-/m0/s1. The van der Waals surface area contributed by atoms with Gasteiger partial charge in [-0.05, 0) is 43.0 Å². The van der Waals surface area contributed by atoms with Crippen LogP contribution in [0.1, 0.15) is 23.3 Å². The van der Waals surface area contributed by atoms with Crippen LogP contribution >= 0.6 is 0 Å². The molecule has 24 heavy (non-hydrogen) atoms. The monoisotopic (exact) mass is 326 g/mol. The minimum atomic E-state index is -0.291. The third-order valence-electron chi connectivity index (χ3n) is 5.05. The van der Waals surface area contributed by atoms with Crippen LogP contribution in [0.4, 0.5) is 4.39 Å². The first-order chi connectivity index (χ1) is 11.7. The van der Waals surface area contributed by atoms with E-state index in [9.17, 15) is 9.18 Å². The molecule has 2 aliphatic rings. The zero-order chi connectivity index (χ0) is 16.5. The Morgan fingerprint density at radius 1 is 1.17 bits per heavy atom. The van der Waals surface area contributed by atoms with Crippen molar-refractivity contribution in [1.82, 2.24) is 9.88 Å². The normalized spacial score (nSPS) is 25.5. The molecule has 3 atom stereocenters. The van der Waals surface area contributed by atoms with Crippen LogP contribution in [0.5, 0.6) is 5.75 Å². The summed E-state index contributed by atoms with van der Waals surface area (Å²) >= 11 is 0. The van der Waals surface area contributed by atoms with Gasteiger partial charge in [0.25, 0.3) is 5.91 Å². The van der Waals surface area contributed by atoms with Crippen molar-refractivity contribution in [1.29, 1.82) is 0 Å². The van der Waals surface area contributed by atoms with Gasteiger partial charge in [-0.15, -0.1) is 0 Å². The van der Waals surface area contributed by atoms with Crippen LogP contribution in [-0.4, -0.2) is 35.0 Å². The molecule has 1 saturated carbocycles. The molecular formula is C19H19FN2O2. The summed E-state index contributed by atoms with van der Waals surface area (Å²) in [5, 5.41) is 0. The van der Waals surface area contributed by atoms with Crippen LogP contribution in [0.3, 0.4) is 0 Å². The second kappa shape index (κ2) is 6.23. The maximum absolute atomic E-state index is 13.3. The minimum Gasteiger partial charge on any atom is -0.490 e. The Bertz CT molecular complexity index is 737. The van der Waals surface area contributed by atoms with Gasteiger partial charge in [0.2, 0.25) is 0 Å². The van der Waals surface area contributed by atoms with Crippen molar-refractivity contribution in [2.24, 2.45) is 11.8 Å². The predicted octanol–water partition coefficient (Wildman–Crippen LogP) is 3.15. The number of carbonyl (C=O) groups is 1. The number of rotatable bonds is 3. The number of carbonyl (C=O) groups excluding carboxylic acids is 1. The van der Waals surface area contributed by atoms with Crippen LogP contribution < -0.4 is 4.74 Å². The molecule has 0 radical (unpaired) electrons. The zero-order valence-corrected chi connectivity index (χ0v) is 13.3. The number of hydrogen-bond donors (Lipinski definition) is 0. The van der Waals surface area contributed by atoms with Gasteiger partial charge in [-0.2, -0.15) is 0 Å². The highest BCUT2D eigenvalue weighted by Crippen LogP contribution is 2.40. The number of likely N-dealkylation sites (tertiary alicyclic amines) is 1. The van der Waals surface area contributed by atoms with Gasteiger partial charge in [0.15, 0.2) is 0 Å². The van der Waals surface area contributed by atoms with Crippen molar-refractivity contribution < 1.29 is 13.9 Å². The van der Waals surface area contributed by atoms with E-state index in [2.05, 4.69) is 4.98 Å². The van der Waals surface area contributed by atoms with Crippen molar-refractivity contribution >= 4 is 5.91 Å². The number of pyridine rings is 1. The largest absolute Gasteiger partial charge is 0.490 e. The molecule has 5 heteroatoms. The number of amides is 1. The van der Waals surface area contributed by atoms with Crippen molar-refractivity contribution in [3.05, 3.63) is 60.2 Å². The quantitative estimate of drug-likeness (QED) is 0.870. The van der Waals surface area contributed by atoms with Gasteiger partial charge in [0.1, 0.15) is 23.4 Å². The lowest BCUT2D eigenvalue weighted by molar-refractivity contribution is 0.0756. The minimum absolute atomic E-state index is 0.0190. The summed E-state index contributed by atoms with van der Waals surface area (Å²) in [6.45, 7) is 1.43. The molecule has 124 valence electrons. The highest BCUT2D eigenvalue weighted by atomic mass is 19.1. The molecule has 1 saturated heterocycles. The number of nitrogens with zero attached hydrogens (tertiary/aromatic N) is 2. The SMILES string of the molecule is O=C(c1ccccn1)N1C[C@@H]2CC[C@H](Oc3cccc(F)c3)[C@@H]2C1. The summed E-state index contributed by atoms with van der Waals surface area (Å²) in [5.41, 5.74) is 0.486. The second-order valence-electron chi connectivity index (χ2n) is 6.54. The molecule has 1 aliphatic carbocycles. The Morgan fingerprint density at radius 2 is 2.08 bits per heavy atom. The number of fused-ring (bicyclic) bond motifs is 1. The van der Waals surface area contributed by atoms with E-state index in [1.54, 1.807) is 30.5 Å². The maximum atomic E-state index is 13.3. The van der Waals surface area contributed by atoms with Crippen LogP contribution in [0.2, 0.25) is 0 Å². The van der Waals surface area contributed by atoms with E-state index >= 15 is 0 Å². The number of benzene rings is 1. The Labute approximate surface area is 140 Å². The molecule has 4 nitrogen and oxygen atoms in total. The molecule has 0 N–H and O–H groups in total. The molecule has 2 aromatic rings. The summed E-state index contributed by atoms with van der Waals surface area (Å²) in [6.07, 6.45) is 3.67. The third-order valence-corrected chi connectivity index (χ3v) is 5.05. The van der Waals surface area contributed by atoms with Gasteiger partial charge in [-0.3, -0.25) is 9.78 Å². The average molecular weight is 326 g/mol. The summed E-state index contributed by atoms with van der Waals surface area (Å²) < 4.78 is 19.3. The molecule has 4 rings (SSSR count). The number of hydrogen-bond acceptors (Lipinski definition) is 3. The van der Waals surface area contributed by atoms with Crippen LogP contribution in [-0.2, 0) is 0 Å². The van der Waals surface area contributed by atoms with Crippen LogP contribution in [0.15, 0.2) is 48.7 Å². The first kappa shape index (κ1) is 15.1. The van der Waals surface area contributed by atoms with Gasteiger partial charge in [0.05, 0.1) is 0 Å². The Kier molecular flexibility index (Phi) is 3.92. The van der Waals surface area contributed by atoms with E-state index in [0.717, 1.165) is 19.4 Å². The topological polar surface area (TPSA) is 42.4 Å². The van der Waals surface area contributed by atoms with Gasteiger partial charge < -0.3 is 9.64 Å². The van der Waals surface area contributed by atoms with E-state index in [0.29, 0.717) is 29.8 Å². The Balaban J connectivity index is 1.44. The average Bonchev–Trinajstić information content (AvgIpc) is 3.17. The second-order valence-corrected chi connectivity index (χ2v) is 6.54. The summed E-state index contributed by atoms with van der Waals surface area (Å²) in [7, 11) is 0. The summed E-state index contributed by atoms with van der Waals surface area (Å²) in [6, 6.07) is 11.6. The molecule has 1 aliphatic heterocycles. The number of ether oxygens (including phenoxy) is 1. The highest BCUT2D eigenvalue weighted by molar-refractivity contribution is 5.92. The molecular weight excluding hydrogens is 307 g/mol. The van der Waals surface area contributed by atoms with E-state index in [1.807, 2.05) is 11.0 Å². The molecule has 0 unspecified atom stereocenters. The predicted molar refractivity (Wildman–Crippen MR) is 87.2 cm³/mol. The molecule has 1 aromatic carbocycles. The van der Waals surface area contributed by atoms with Crippen LogP contribution in [0.25, 0.3) is 0 Å². The van der Waals surface area contributed by atoms with E-state index in [4.69, 9.17) is 4.74 Å². The van der Waals surface area contributed by atoms with Crippen molar-refractivity contribution in [2.45, 2.75) is 18.9 Å². The van der Waals surface area contributed by atoms with Gasteiger partial charge in [-0.1, -0.05) is 12.1 Å². The fraction of sp³-hybridized carbons (Fsp3) is 0.368. The molecule has 1 amide bonds. The van der Waals surface area contributed by atoms with Gasteiger partial charge in [0, 0.05) is 31.3 Å². The highest BCUT2D eigenvalue weighted by Gasteiger charge is 2.45.